The molecule has 0 amide bonds. The van der Waals surface area contributed by atoms with E-state index in [1.54, 1.807) is 0 Å². The van der Waals surface area contributed by atoms with Crippen molar-refractivity contribution in [1.82, 2.24) is 14.7 Å². The number of sulfonamides is 1. The number of benzene rings is 1. The molecule has 2 N–H and O–H groups in total. The molecule has 8 nitrogen and oxygen atoms in total. The third-order valence-electron chi connectivity index (χ3n) is 5.73. The van der Waals surface area contributed by atoms with E-state index in [4.69, 9.17) is 4.74 Å². The van der Waals surface area contributed by atoms with Crippen molar-refractivity contribution in [2.75, 3.05) is 29.9 Å². The predicted octanol–water partition coefficient (Wildman–Crippen LogP) is 3.05. The van der Waals surface area contributed by atoms with Crippen molar-refractivity contribution in [3.8, 4) is 0 Å². The summed E-state index contributed by atoms with van der Waals surface area (Å²) < 4.78 is 71.0. The molecule has 0 unspecified atom stereocenters. The molecule has 1 aromatic carbocycles. The molecule has 174 valence electrons. The number of morpholine rings is 1. The van der Waals surface area contributed by atoms with Gasteiger partial charge in [-0.2, -0.15) is 4.98 Å². The van der Waals surface area contributed by atoms with Crippen LogP contribution >= 0.6 is 0 Å². The first-order valence-electron chi connectivity index (χ1n) is 10.3. The lowest BCUT2D eigenvalue weighted by Crippen LogP contribution is -2.59. The first-order valence-corrected chi connectivity index (χ1v) is 11.7. The Balaban J connectivity index is 1.49. The number of hydrogen-bond acceptors (Lipinski definition) is 7. The van der Waals surface area contributed by atoms with Gasteiger partial charge in [0.15, 0.2) is 11.6 Å². The highest BCUT2D eigenvalue weighted by molar-refractivity contribution is 7.89. The van der Waals surface area contributed by atoms with Crippen LogP contribution in [0.25, 0.3) is 0 Å². The van der Waals surface area contributed by atoms with Crippen LogP contribution in [0.4, 0.5) is 30.6 Å². The lowest BCUT2D eigenvalue weighted by atomic mass is 9.78. The highest BCUT2D eigenvalue weighted by Crippen LogP contribution is 2.40. The van der Waals surface area contributed by atoms with Gasteiger partial charge in [-0.25, -0.2) is 31.3 Å². The lowest BCUT2D eigenvalue weighted by molar-refractivity contribution is -0.117. The number of nitrogens with one attached hydrogen (secondary N) is 2. The van der Waals surface area contributed by atoms with E-state index in [-0.39, 0.29) is 28.3 Å². The molecule has 12 heteroatoms. The maximum Gasteiger partial charge on any atom is 0.251 e. The Bertz CT molecular complexity index is 1060. The van der Waals surface area contributed by atoms with E-state index < -0.39 is 28.8 Å². The first-order chi connectivity index (χ1) is 15.2. The maximum absolute atomic E-state index is 14.6. The van der Waals surface area contributed by atoms with Gasteiger partial charge in [0, 0.05) is 12.2 Å². The number of anilines is 3. The minimum absolute atomic E-state index is 0.0521. The molecule has 2 aliphatic rings. The van der Waals surface area contributed by atoms with Gasteiger partial charge < -0.3 is 15.0 Å². The zero-order chi connectivity index (χ0) is 22.9. The van der Waals surface area contributed by atoms with E-state index in [1.165, 1.54) is 24.3 Å². The summed E-state index contributed by atoms with van der Waals surface area (Å²) in [5.74, 6) is -0.209. The number of hydrogen-bond donors (Lipinski definition) is 2. The van der Waals surface area contributed by atoms with Crippen LogP contribution in [0.2, 0.25) is 0 Å². The van der Waals surface area contributed by atoms with Crippen molar-refractivity contribution < 1.29 is 26.3 Å². The molecule has 2 fully saturated rings. The predicted molar refractivity (Wildman–Crippen MR) is 112 cm³/mol. The van der Waals surface area contributed by atoms with E-state index in [0.717, 1.165) is 25.5 Å². The van der Waals surface area contributed by atoms with Crippen LogP contribution in [0.5, 0.6) is 0 Å². The fourth-order valence-electron chi connectivity index (χ4n) is 3.78. The SMILES string of the molecule is C[C@H]1COC2(CCC2)CN1c1nc(Nc2ccc(S(=O)(=O)NCC(F)F)cc2)ncc1F. The van der Waals surface area contributed by atoms with Gasteiger partial charge in [0.2, 0.25) is 16.0 Å². The molecule has 0 bridgehead atoms. The molecule has 32 heavy (non-hydrogen) atoms. The van der Waals surface area contributed by atoms with Crippen molar-refractivity contribution in [2.45, 2.75) is 49.2 Å². The van der Waals surface area contributed by atoms with E-state index in [0.29, 0.717) is 18.8 Å². The summed E-state index contributed by atoms with van der Waals surface area (Å²) in [6, 6.07) is 5.38. The molecule has 1 aliphatic carbocycles. The van der Waals surface area contributed by atoms with E-state index in [9.17, 15) is 21.6 Å². The molecular formula is C20H24F3N5O3S. The van der Waals surface area contributed by atoms with Gasteiger partial charge >= 0.3 is 0 Å². The van der Waals surface area contributed by atoms with Gasteiger partial charge in [-0.1, -0.05) is 0 Å². The lowest BCUT2D eigenvalue weighted by Gasteiger charge is -2.51. The molecule has 1 saturated heterocycles. The van der Waals surface area contributed by atoms with Crippen molar-refractivity contribution in [3.05, 3.63) is 36.3 Å². The normalized spacial score (nSPS) is 20.4. The van der Waals surface area contributed by atoms with Gasteiger partial charge in [0.1, 0.15) is 0 Å². The Morgan fingerprint density at radius 3 is 2.62 bits per heavy atom. The molecule has 1 atom stereocenters. The minimum Gasteiger partial charge on any atom is -0.371 e. The summed E-state index contributed by atoms with van der Waals surface area (Å²) in [5, 5.41) is 2.92. The summed E-state index contributed by atoms with van der Waals surface area (Å²) in [5.41, 5.74) is 0.220. The monoisotopic (exact) mass is 471 g/mol. The summed E-state index contributed by atoms with van der Waals surface area (Å²) in [4.78, 5) is 10.1. The number of ether oxygens (including phenoxy) is 1. The highest BCUT2D eigenvalue weighted by Gasteiger charge is 2.45. The number of rotatable bonds is 7. The van der Waals surface area contributed by atoms with E-state index in [1.807, 2.05) is 16.5 Å². The molecule has 1 spiro atoms. The second kappa shape index (κ2) is 8.83. The van der Waals surface area contributed by atoms with Crippen LogP contribution in [-0.4, -0.2) is 56.2 Å². The zero-order valence-electron chi connectivity index (χ0n) is 17.4. The Hall–Kier alpha value is -2.44. The summed E-state index contributed by atoms with van der Waals surface area (Å²) in [6.45, 7) is 2.03. The summed E-state index contributed by atoms with van der Waals surface area (Å²) in [6.07, 6.45) is 1.27. The molecular weight excluding hydrogens is 447 g/mol. The van der Waals surface area contributed by atoms with Crippen LogP contribution in [0, 0.1) is 5.82 Å². The topological polar surface area (TPSA) is 96.5 Å². The number of halogens is 3. The van der Waals surface area contributed by atoms with E-state index >= 15 is 0 Å². The molecule has 1 saturated carbocycles. The molecule has 2 aromatic rings. The third-order valence-corrected chi connectivity index (χ3v) is 7.17. The largest absolute Gasteiger partial charge is 0.371 e. The summed E-state index contributed by atoms with van der Waals surface area (Å²) >= 11 is 0. The van der Waals surface area contributed by atoms with Gasteiger partial charge in [-0.05, 0) is 50.5 Å². The Labute approximate surface area is 184 Å². The minimum atomic E-state index is -4.04. The molecule has 0 radical (unpaired) electrons. The molecule has 4 rings (SSSR count). The number of alkyl halides is 2. The van der Waals surface area contributed by atoms with Crippen LogP contribution in [0.3, 0.4) is 0 Å². The van der Waals surface area contributed by atoms with Crippen LogP contribution in [-0.2, 0) is 14.8 Å². The second-order valence-electron chi connectivity index (χ2n) is 8.08. The Morgan fingerprint density at radius 1 is 1.28 bits per heavy atom. The quantitative estimate of drug-likeness (QED) is 0.641. The zero-order valence-corrected chi connectivity index (χ0v) is 18.2. The van der Waals surface area contributed by atoms with Crippen LogP contribution < -0.4 is 14.9 Å². The van der Waals surface area contributed by atoms with Crippen molar-refractivity contribution in [3.63, 3.8) is 0 Å². The number of nitrogens with zero attached hydrogens (tertiary/aromatic N) is 3. The van der Waals surface area contributed by atoms with Crippen LogP contribution in [0.15, 0.2) is 35.4 Å². The molecule has 2 heterocycles. The average molecular weight is 472 g/mol. The Morgan fingerprint density at radius 2 is 2.00 bits per heavy atom. The smallest absolute Gasteiger partial charge is 0.251 e. The van der Waals surface area contributed by atoms with Gasteiger partial charge in [-0.15, -0.1) is 0 Å². The fraction of sp³-hybridized carbons (Fsp3) is 0.500. The summed E-state index contributed by atoms with van der Waals surface area (Å²) in [7, 11) is -4.04. The van der Waals surface area contributed by atoms with Crippen molar-refractivity contribution in [1.29, 1.82) is 0 Å². The van der Waals surface area contributed by atoms with Crippen molar-refractivity contribution in [2.24, 2.45) is 0 Å². The average Bonchev–Trinajstić information content (AvgIpc) is 2.74. The van der Waals surface area contributed by atoms with Crippen LogP contribution in [0.1, 0.15) is 26.2 Å². The fourth-order valence-corrected chi connectivity index (χ4v) is 4.79. The third kappa shape index (κ3) is 4.81. The highest BCUT2D eigenvalue weighted by atomic mass is 32.2. The molecule has 1 aliphatic heterocycles. The van der Waals surface area contributed by atoms with Crippen molar-refractivity contribution >= 4 is 27.5 Å². The number of aromatic nitrogens is 2. The van der Waals surface area contributed by atoms with Gasteiger partial charge in [0.25, 0.3) is 6.43 Å². The van der Waals surface area contributed by atoms with Gasteiger partial charge in [-0.3, -0.25) is 0 Å². The van der Waals surface area contributed by atoms with E-state index in [2.05, 4.69) is 15.3 Å². The first kappa shape index (κ1) is 22.7. The standard InChI is InChI=1S/C20H24F3N5O3S/c1-13-11-31-20(7-2-8-20)12-28(13)18-16(21)9-24-19(27-18)26-14-3-5-15(6-4-14)32(29,30)25-10-17(22)23/h3-6,9,13,17,25H,2,7-8,10-12H2,1H3,(H,24,26,27)/t13-/m0/s1. The molecule has 1 aromatic heterocycles. The Kier molecular flexibility index (Phi) is 6.28. The maximum atomic E-state index is 14.6. The second-order valence-corrected chi connectivity index (χ2v) is 9.85. The van der Waals surface area contributed by atoms with Gasteiger partial charge in [0.05, 0.1) is 35.9 Å².